The lowest BCUT2D eigenvalue weighted by Gasteiger charge is -2.34. The minimum atomic E-state index is -4.55. The molecule has 1 aliphatic heterocycles. The first-order valence-corrected chi connectivity index (χ1v) is 11.2. The summed E-state index contributed by atoms with van der Waals surface area (Å²) in [5.74, 6) is 0.291. The van der Waals surface area contributed by atoms with E-state index in [-0.39, 0.29) is 17.8 Å². The van der Waals surface area contributed by atoms with Crippen LogP contribution in [0.2, 0.25) is 0 Å². The molecule has 1 aliphatic rings. The molecule has 0 saturated carbocycles. The lowest BCUT2D eigenvalue weighted by molar-refractivity contribution is -0.173. The third-order valence-electron chi connectivity index (χ3n) is 5.68. The Morgan fingerprint density at radius 3 is 2.29 bits per heavy atom. The van der Waals surface area contributed by atoms with Gasteiger partial charge in [-0.1, -0.05) is 28.1 Å². The monoisotopic (exact) mass is 554 g/mol. The van der Waals surface area contributed by atoms with Gasteiger partial charge in [0.15, 0.2) is 17.5 Å². The number of aromatic nitrogens is 2. The van der Waals surface area contributed by atoms with Gasteiger partial charge in [0.05, 0.1) is 33.6 Å². The standard InChI is InChI=1S/C23H22BrF3N4O4/c1-33-17-8-14(9-18(34-2)20(17)35-3)29-22(32)15-11-28-31-19(23(25,26)27)10-16(30-21(15)31)12-4-6-13(24)7-5-12/h4-9,11,16,19,30H,10H2,1-3H3,(H,29,32)/t16-,19-/m0/s1. The highest BCUT2D eigenvalue weighted by atomic mass is 79.9. The van der Waals surface area contributed by atoms with Crippen LogP contribution in [0.4, 0.5) is 24.7 Å². The van der Waals surface area contributed by atoms with Gasteiger partial charge in [0, 0.05) is 28.7 Å². The van der Waals surface area contributed by atoms with Crippen LogP contribution < -0.4 is 24.8 Å². The molecule has 0 unspecified atom stereocenters. The molecule has 2 heterocycles. The number of hydrogen-bond acceptors (Lipinski definition) is 6. The van der Waals surface area contributed by atoms with Crippen LogP contribution in [-0.4, -0.2) is 43.2 Å². The summed E-state index contributed by atoms with van der Waals surface area (Å²) >= 11 is 3.33. The molecule has 0 spiro atoms. The number of methoxy groups -OCH3 is 3. The lowest BCUT2D eigenvalue weighted by Crippen LogP contribution is -2.36. The first-order valence-electron chi connectivity index (χ1n) is 10.4. The van der Waals surface area contributed by atoms with Crippen molar-refractivity contribution in [3.8, 4) is 17.2 Å². The molecule has 0 saturated heterocycles. The molecule has 0 bridgehead atoms. The number of rotatable bonds is 6. The molecular formula is C23H22BrF3N4O4. The average Bonchev–Trinajstić information content (AvgIpc) is 3.26. The van der Waals surface area contributed by atoms with Crippen molar-refractivity contribution in [3.05, 3.63) is 58.2 Å². The van der Waals surface area contributed by atoms with Crippen molar-refractivity contribution in [2.24, 2.45) is 0 Å². The van der Waals surface area contributed by atoms with Crippen molar-refractivity contribution < 1.29 is 32.2 Å². The van der Waals surface area contributed by atoms with Gasteiger partial charge in [-0.3, -0.25) is 4.79 Å². The summed E-state index contributed by atoms with van der Waals surface area (Å²) < 4.78 is 59.3. The van der Waals surface area contributed by atoms with Gasteiger partial charge in [0.2, 0.25) is 5.75 Å². The second kappa shape index (κ2) is 9.68. The maximum atomic E-state index is 13.9. The van der Waals surface area contributed by atoms with Gasteiger partial charge in [-0.25, -0.2) is 4.68 Å². The summed E-state index contributed by atoms with van der Waals surface area (Å²) in [7, 11) is 4.31. The number of halogens is 4. The van der Waals surface area contributed by atoms with E-state index >= 15 is 0 Å². The van der Waals surface area contributed by atoms with E-state index in [1.54, 1.807) is 24.3 Å². The van der Waals surface area contributed by atoms with E-state index < -0.39 is 24.2 Å². The van der Waals surface area contributed by atoms with Gasteiger partial charge < -0.3 is 24.8 Å². The summed E-state index contributed by atoms with van der Waals surface area (Å²) in [6.07, 6.45) is -3.70. The van der Waals surface area contributed by atoms with Gasteiger partial charge in [0.1, 0.15) is 11.4 Å². The first kappa shape index (κ1) is 24.7. The minimum absolute atomic E-state index is 0.0172. The molecule has 0 radical (unpaired) electrons. The fourth-order valence-corrected chi connectivity index (χ4v) is 4.26. The predicted octanol–water partition coefficient (Wildman–Crippen LogP) is 5.58. The number of benzene rings is 2. The zero-order chi connectivity index (χ0) is 25.3. The molecule has 4 rings (SSSR count). The van der Waals surface area contributed by atoms with Crippen molar-refractivity contribution in [2.45, 2.75) is 24.7 Å². The predicted molar refractivity (Wildman–Crippen MR) is 126 cm³/mol. The summed E-state index contributed by atoms with van der Waals surface area (Å²) in [5.41, 5.74) is 0.929. The average molecular weight is 555 g/mol. The Bertz CT molecular complexity index is 1210. The van der Waals surface area contributed by atoms with Crippen LogP contribution in [0.15, 0.2) is 47.1 Å². The minimum Gasteiger partial charge on any atom is -0.493 e. The zero-order valence-corrected chi connectivity index (χ0v) is 20.5. The SMILES string of the molecule is COc1cc(NC(=O)c2cnn3c2N[C@H](c2ccc(Br)cc2)C[C@H]3C(F)(F)F)cc(OC)c1OC. The highest BCUT2D eigenvalue weighted by Gasteiger charge is 2.47. The molecule has 8 nitrogen and oxygen atoms in total. The van der Waals surface area contributed by atoms with Crippen LogP contribution in [0.1, 0.15) is 34.4 Å². The Morgan fingerprint density at radius 1 is 1.11 bits per heavy atom. The molecule has 1 amide bonds. The van der Waals surface area contributed by atoms with E-state index in [2.05, 4.69) is 31.7 Å². The Kier molecular flexibility index (Phi) is 6.84. The van der Waals surface area contributed by atoms with E-state index in [1.165, 1.54) is 33.5 Å². The molecular weight excluding hydrogens is 533 g/mol. The molecule has 35 heavy (non-hydrogen) atoms. The van der Waals surface area contributed by atoms with Crippen molar-refractivity contribution in [3.63, 3.8) is 0 Å². The van der Waals surface area contributed by atoms with Gasteiger partial charge in [-0.05, 0) is 17.7 Å². The molecule has 12 heteroatoms. The van der Waals surface area contributed by atoms with Gasteiger partial charge in [0.25, 0.3) is 5.91 Å². The molecule has 2 aromatic carbocycles. The fourth-order valence-electron chi connectivity index (χ4n) is 3.99. The second-order valence-electron chi connectivity index (χ2n) is 7.76. The fraction of sp³-hybridized carbons (Fsp3) is 0.304. The van der Waals surface area contributed by atoms with Crippen LogP contribution in [0.25, 0.3) is 0 Å². The number of fused-ring (bicyclic) bond motifs is 1. The number of carbonyl (C=O) groups excluding carboxylic acids is 1. The van der Waals surface area contributed by atoms with Crippen molar-refractivity contribution in [1.29, 1.82) is 0 Å². The largest absolute Gasteiger partial charge is 0.493 e. The number of amides is 1. The quantitative estimate of drug-likeness (QED) is 0.413. The molecule has 0 aliphatic carbocycles. The Balaban J connectivity index is 1.69. The van der Waals surface area contributed by atoms with Crippen molar-refractivity contribution in [1.82, 2.24) is 9.78 Å². The van der Waals surface area contributed by atoms with Crippen LogP contribution in [0, 0.1) is 0 Å². The lowest BCUT2D eigenvalue weighted by atomic mass is 9.96. The van der Waals surface area contributed by atoms with E-state index in [0.29, 0.717) is 28.5 Å². The normalized spacial score (nSPS) is 17.2. The highest BCUT2D eigenvalue weighted by Crippen LogP contribution is 2.45. The maximum Gasteiger partial charge on any atom is 0.410 e. The van der Waals surface area contributed by atoms with E-state index in [9.17, 15) is 18.0 Å². The molecule has 186 valence electrons. The summed E-state index contributed by atoms with van der Waals surface area (Å²) in [5, 5.41) is 9.64. The van der Waals surface area contributed by atoms with Crippen LogP contribution in [0.3, 0.4) is 0 Å². The Labute approximate surface area is 207 Å². The van der Waals surface area contributed by atoms with Crippen molar-refractivity contribution >= 4 is 33.3 Å². The summed E-state index contributed by atoms with van der Waals surface area (Å²) in [6, 6.07) is 7.44. The van der Waals surface area contributed by atoms with E-state index in [0.717, 1.165) is 15.4 Å². The zero-order valence-electron chi connectivity index (χ0n) is 18.9. The number of carbonyl (C=O) groups is 1. The number of ether oxygens (including phenoxy) is 3. The Hall–Kier alpha value is -3.41. The highest BCUT2D eigenvalue weighted by molar-refractivity contribution is 9.10. The van der Waals surface area contributed by atoms with Gasteiger partial charge in [-0.2, -0.15) is 18.3 Å². The topological polar surface area (TPSA) is 86.6 Å². The molecule has 0 fully saturated rings. The summed E-state index contributed by atoms with van der Waals surface area (Å²) in [4.78, 5) is 13.1. The smallest absolute Gasteiger partial charge is 0.410 e. The maximum absolute atomic E-state index is 13.9. The van der Waals surface area contributed by atoms with Crippen molar-refractivity contribution in [2.75, 3.05) is 32.0 Å². The van der Waals surface area contributed by atoms with E-state index in [1.807, 2.05) is 0 Å². The number of hydrogen-bond donors (Lipinski definition) is 2. The third-order valence-corrected chi connectivity index (χ3v) is 6.21. The second-order valence-corrected chi connectivity index (χ2v) is 8.68. The number of anilines is 2. The van der Waals surface area contributed by atoms with Crippen LogP contribution in [0.5, 0.6) is 17.2 Å². The van der Waals surface area contributed by atoms with Gasteiger partial charge >= 0.3 is 6.18 Å². The number of nitrogens with one attached hydrogen (secondary N) is 2. The summed E-state index contributed by atoms with van der Waals surface area (Å²) in [6.45, 7) is 0. The number of nitrogens with zero attached hydrogens (tertiary/aromatic N) is 2. The Morgan fingerprint density at radius 2 is 1.74 bits per heavy atom. The molecule has 2 atom stereocenters. The van der Waals surface area contributed by atoms with Crippen LogP contribution >= 0.6 is 15.9 Å². The third kappa shape index (κ3) is 4.88. The van der Waals surface area contributed by atoms with Gasteiger partial charge in [-0.15, -0.1) is 0 Å². The molecule has 3 aromatic rings. The molecule has 1 aromatic heterocycles. The number of alkyl halides is 3. The van der Waals surface area contributed by atoms with Crippen LogP contribution in [-0.2, 0) is 0 Å². The molecule has 2 N–H and O–H groups in total. The van der Waals surface area contributed by atoms with E-state index in [4.69, 9.17) is 14.2 Å². The first-order chi connectivity index (χ1) is 16.7.